The SMILES string of the molecule is CC(C)(c1cc(-c2cccc(-c3ccccc3C=CCO)c2)c2ncccc2c1)S(C)(=O)=O. The molecule has 168 valence electrons. The highest BCUT2D eigenvalue weighted by Crippen LogP contribution is 2.37. The fraction of sp³-hybridized carbons (Fsp3) is 0.179. The Morgan fingerprint density at radius 1 is 0.909 bits per heavy atom. The van der Waals surface area contributed by atoms with Crippen LogP contribution in [0.25, 0.3) is 39.2 Å². The summed E-state index contributed by atoms with van der Waals surface area (Å²) in [7, 11) is -3.34. The molecule has 0 aliphatic heterocycles. The lowest BCUT2D eigenvalue weighted by atomic mass is 9.91. The van der Waals surface area contributed by atoms with E-state index in [-0.39, 0.29) is 6.61 Å². The molecule has 0 saturated carbocycles. The summed E-state index contributed by atoms with van der Waals surface area (Å²) in [5, 5.41) is 10.1. The molecule has 1 heterocycles. The fourth-order valence-corrected chi connectivity index (χ4v) is 4.46. The summed E-state index contributed by atoms with van der Waals surface area (Å²) in [4.78, 5) is 4.61. The number of hydrogen-bond donors (Lipinski definition) is 1. The van der Waals surface area contributed by atoms with Crippen LogP contribution in [0.5, 0.6) is 0 Å². The minimum Gasteiger partial charge on any atom is -0.392 e. The van der Waals surface area contributed by atoms with E-state index < -0.39 is 14.6 Å². The molecule has 0 bridgehead atoms. The zero-order valence-electron chi connectivity index (χ0n) is 19.0. The van der Waals surface area contributed by atoms with Gasteiger partial charge in [0.1, 0.15) is 0 Å². The van der Waals surface area contributed by atoms with Gasteiger partial charge in [0.15, 0.2) is 9.84 Å². The number of benzene rings is 3. The molecule has 4 rings (SSSR count). The van der Waals surface area contributed by atoms with Gasteiger partial charge in [-0.2, -0.15) is 0 Å². The first kappa shape index (κ1) is 22.9. The van der Waals surface area contributed by atoms with Gasteiger partial charge >= 0.3 is 0 Å². The van der Waals surface area contributed by atoms with Crippen LogP contribution >= 0.6 is 0 Å². The number of hydrogen-bond acceptors (Lipinski definition) is 4. The van der Waals surface area contributed by atoms with Crippen LogP contribution < -0.4 is 0 Å². The molecule has 0 aliphatic carbocycles. The molecular weight excluding hydrogens is 430 g/mol. The number of aliphatic hydroxyl groups excluding tert-OH is 1. The third-order valence-electron chi connectivity index (χ3n) is 6.18. The van der Waals surface area contributed by atoms with Crippen molar-refractivity contribution in [2.24, 2.45) is 0 Å². The zero-order valence-corrected chi connectivity index (χ0v) is 19.8. The minimum atomic E-state index is -3.34. The predicted molar refractivity (Wildman–Crippen MR) is 137 cm³/mol. The molecule has 0 atom stereocenters. The predicted octanol–water partition coefficient (Wildman–Crippen LogP) is 5.85. The maximum absolute atomic E-state index is 12.6. The topological polar surface area (TPSA) is 67.3 Å². The van der Waals surface area contributed by atoms with Crippen molar-refractivity contribution in [3.05, 3.63) is 96.2 Å². The number of pyridine rings is 1. The van der Waals surface area contributed by atoms with Gasteiger partial charge in [-0.3, -0.25) is 4.98 Å². The maximum Gasteiger partial charge on any atom is 0.156 e. The van der Waals surface area contributed by atoms with E-state index in [1.54, 1.807) is 26.1 Å². The summed E-state index contributed by atoms with van der Waals surface area (Å²) in [6, 6.07) is 23.9. The van der Waals surface area contributed by atoms with Crippen molar-refractivity contribution in [2.75, 3.05) is 12.9 Å². The molecule has 0 saturated heterocycles. The van der Waals surface area contributed by atoms with Crippen LogP contribution in [-0.2, 0) is 14.6 Å². The standard InChI is InChI=1S/C28H27NO3S/c1-28(2,33(3,31)32)24-18-23-12-7-15-29-27(23)26(19-24)22-11-6-10-21(17-22)25-14-5-4-9-20(25)13-8-16-30/h4-15,17-19,30H,16H2,1-3H3. The summed E-state index contributed by atoms with van der Waals surface area (Å²) in [6.07, 6.45) is 6.66. The summed E-state index contributed by atoms with van der Waals surface area (Å²) in [6.45, 7) is 3.46. The van der Waals surface area contributed by atoms with Crippen LogP contribution in [0.4, 0.5) is 0 Å². The Bertz CT molecular complexity index is 1450. The van der Waals surface area contributed by atoms with Crippen LogP contribution in [0.3, 0.4) is 0 Å². The van der Waals surface area contributed by atoms with E-state index in [0.717, 1.165) is 44.3 Å². The maximum atomic E-state index is 12.6. The number of aliphatic hydroxyl groups is 1. The molecule has 33 heavy (non-hydrogen) atoms. The molecular formula is C28H27NO3S. The first-order valence-electron chi connectivity index (χ1n) is 10.8. The summed E-state index contributed by atoms with van der Waals surface area (Å²) in [5.41, 5.74) is 6.51. The van der Waals surface area contributed by atoms with E-state index in [1.807, 2.05) is 60.7 Å². The van der Waals surface area contributed by atoms with E-state index in [4.69, 9.17) is 0 Å². The van der Waals surface area contributed by atoms with Crippen LogP contribution in [0.2, 0.25) is 0 Å². The van der Waals surface area contributed by atoms with Gasteiger partial charge in [-0.15, -0.1) is 0 Å². The first-order chi connectivity index (χ1) is 15.7. The lowest BCUT2D eigenvalue weighted by Gasteiger charge is -2.24. The summed E-state index contributed by atoms with van der Waals surface area (Å²) < 4.78 is 24.1. The molecule has 4 aromatic rings. The smallest absolute Gasteiger partial charge is 0.156 e. The Hall–Kier alpha value is -3.28. The van der Waals surface area contributed by atoms with Crippen molar-refractivity contribution < 1.29 is 13.5 Å². The first-order valence-corrected chi connectivity index (χ1v) is 12.7. The second-order valence-corrected chi connectivity index (χ2v) is 11.2. The van der Waals surface area contributed by atoms with Crippen LogP contribution in [0.15, 0.2) is 85.1 Å². The van der Waals surface area contributed by atoms with Crippen molar-refractivity contribution in [1.82, 2.24) is 4.98 Å². The van der Waals surface area contributed by atoms with E-state index >= 15 is 0 Å². The average Bonchev–Trinajstić information content (AvgIpc) is 2.81. The highest BCUT2D eigenvalue weighted by Gasteiger charge is 2.33. The third-order valence-corrected chi connectivity index (χ3v) is 8.26. The van der Waals surface area contributed by atoms with E-state index in [0.29, 0.717) is 0 Å². The second kappa shape index (κ2) is 8.93. The van der Waals surface area contributed by atoms with E-state index in [1.165, 1.54) is 6.26 Å². The van der Waals surface area contributed by atoms with Crippen LogP contribution in [-0.4, -0.2) is 31.4 Å². The van der Waals surface area contributed by atoms with Crippen molar-refractivity contribution in [2.45, 2.75) is 18.6 Å². The largest absolute Gasteiger partial charge is 0.392 e. The van der Waals surface area contributed by atoms with Gasteiger partial charge in [0.25, 0.3) is 0 Å². The Labute approximate surface area is 195 Å². The third kappa shape index (κ3) is 4.47. The monoisotopic (exact) mass is 457 g/mol. The molecule has 0 radical (unpaired) electrons. The van der Waals surface area contributed by atoms with Gasteiger partial charge in [0.2, 0.25) is 0 Å². The number of sulfone groups is 1. The highest BCUT2D eigenvalue weighted by atomic mass is 32.2. The number of nitrogens with zero attached hydrogens (tertiary/aromatic N) is 1. The Kier molecular flexibility index (Phi) is 6.19. The Balaban J connectivity index is 1.94. The van der Waals surface area contributed by atoms with Gasteiger partial charge in [0.05, 0.1) is 16.9 Å². The fourth-order valence-electron chi connectivity index (χ4n) is 3.91. The van der Waals surface area contributed by atoms with Gasteiger partial charge < -0.3 is 5.11 Å². The average molecular weight is 458 g/mol. The van der Waals surface area contributed by atoms with Crippen LogP contribution in [0, 0.1) is 0 Å². The zero-order chi connectivity index (χ0) is 23.6. The van der Waals surface area contributed by atoms with Gasteiger partial charge in [-0.1, -0.05) is 60.7 Å². The molecule has 0 spiro atoms. The highest BCUT2D eigenvalue weighted by molar-refractivity contribution is 7.91. The quantitative estimate of drug-likeness (QED) is 0.394. The Morgan fingerprint density at radius 3 is 2.36 bits per heavy atom. The second-order valence-electron chi connectivity index (χ2n) is 8.63. The molecule has 5 heteroatoms. The molecule has 1 aromatic heterocycles. The minimum absolute atomic E-state index is 0.0189. The molecule has 4 nitrogen and oxygen atoms in total. The lowest BCUT2D eigenvalue weighted by Crippen LogP contribution is -2.28. The molecule has 0 fully saturated rings. The number of aromatic nitrogens is 1. The molecule has 0 aliphatic rings. The van der Waals surface area contributed by atoms with Gasteiger partial charge in [-0.25, -0.2) is 8.42 Å². The van der Waals surface area contributed by atoms with Crippen molar-refractivity contribution in [3.8, 4) is 22.3 Å². The van der Waals surface area contributed by atoms with Gasteiger partial charge in [0, 0.05) is 23.4 Å². The van der Waals surface area contributed by atoms with E-state index in [2.05, 4.69) is 23.2 Å². The molecule has 1 N–H and O–H groups in total. The molecule has 3 aromatic carbocycles. The molecule has 0 amide bonds. The summed E-state index contributed by atoms with van der Waals surface area (Å²) >= 11 is 0. The lowest BCUT2D eigenvalue weighted by molar-refractivity contribution is 0.343. The number of fused-ring (bicyclic) bond motifs is 1. The van der Waals surface area contributed by atoms with Crippen molar-refractivity contribution in [1.29, 1.82) is 0 Å². The van der Waals surface area contributed by atoms with Crippen LogP contribution in [0.1, 0.15) is 25.0 Å². The van der Waals surface area contributed by atoms with Crippen molar-refractivity contribution >= 4 is 26.8 Å². The summed E-state index contributed by atoms with van der Waals surface area (Å²) in [5.74, 6) is 0. The number of rotatable bonds is 6. The van der Waals surface area contributed by atoms with Gasteiger partial charge in [-0.05, 0) is 65.9 Å². The Morgan fingerprint density at radius 2 is 1.64 bits per heavy atom. The van der Waals surface area contributed by atoms with Crippen molar-refractivity contribution in [3.63, 3.8) is 0 Å². The normalized spacial score (nSPS) is 12.5. The van der Waals surface area contributed by atoms with E-state index in [9.17, 15) is 13.5 Å². The molecule has 0 unspecified atom stereocenters.